The number of hydrogen-bond donors (Lipinski definition) is 1. The second-order valence-corrected chi connectivity index (χ2v) is 5.51. The predicted octanol–water partition coefficient (Wildman–Crippen LogP) is 2.35. The first kappa shape index (κ1) is 14.0. The topological polar surface area (TPSA) is 32.3 Å². The highest BCUT2D eigenvalue weighted by Crippen LogP contribution is 2.17. The molecular formula is C15H21FN2O. The summed E-state index contributed by atoms with van der Waals surface area (Å²) >= 11 is 0. The van der Waals surface area contributed by atoms with E-state index in [1.54, 1.807) is 12.1 Å². The van der Waals surface area contributed by atoms with Crippen molar-refractivity contribution in [2.75, 3.05) is 13.6 Å². The maximum atomic E-state index is 13.6. The molecule has 1 N–H and O–H groups in total. The normalized spacial score (nSPS) is 24.2. The van der Waals surface area contributed by atoms with Crippen LogP contribution in [0.5, 0.6) is 0 Å². The number of halogens is 1. The molecule has 0 saturated carbocycles. The molecule has 1 aliphatic rings. The number of carbonyl (C=O) groups is 1. The van der Waals surface area contributed by atoms with Crippen LogP contribution in [0.25, 0.3) is 0 Å². The van der Waals surface area contributed by atoms with Crippen molar-refractivity contribution in [3.05, 3.63) is 35.1 Å². The average molecular weight is 264 g/mol. The lowest BCUT2D eigenvalue weighted by Gasteiger charge is -2.35. The summed E-state index contributed by atoms with van der Waals surface area (Å²) in [4.78, 5) is 14.4. The lowest BCUT2D eigenvalue weighted by Crippen LogP contribution is -2.47. The van der Waals surface area contributed by atoms with Gasteiger partial charge < -0.3 is 10.2 Å². The monoisotopic (exact) mass is 264 g/mol. The van der Waals surface area contributed by atoms with Crippen LogP contribution in [0.15, 0.2) is 18.2 Å². The Balaban J connectivity index is 2.03. The third kappa shape index (κ3) is 3.32. The maximum absolute atomic E-state index is 13.6. The van der Waals surface area contributed by atoms with Crippen molar-refractivity contribution in [1.82, 2.24) is 10.2 Å². The van der Waals surface area contributed by atoms with E-state index >= 15 is 0 Å². The van der Waals surface area contributed by atoms with Crippen LogP contribution in [0.3, 0.4) is 0 Å². The van der Waals surface area contributed by atoms with Crippen molar-refractivity contribution in [2.24, 2.45) is 0 Å². The van der Waals surface area contributed by atoms with Crippen molar-refractivity contribution in [3.63, 3.8) is 0 Å². The molecule has 3 nitrogen and oxygen atoms in total. The summed E-state index contributed by atoms with van der Waals surface area (Å²) in [7, 11) is 2.09. The van der Waals surface area contributed by atoms with E-state index < -0.39 is 5.82 Å². The summed E-state index contributed by atoms with van der Waals surface area (Å²) in [6.07, 6.45) is 1.83. The number of amides is 1. The third-order valence-corrected chi connectivity index (χ3v) is 3.91. The first-order valence-corrected chi connectivity index (χ1v) is 6.74. The molecule has 2 rings (SSSR count). The highest BCUT2D eigenvalue weighted by Gasteiger charge is 2.24. The molecule has 2 atom stereocenters. The van der Waals surface area contributed by atoms with Crippen LogP contribution in [0.1, 0.15) is 35.7 Å². The van der Waals surface area contributed by atoms with E-state index in [1.165, 1.54) is 6.07 Å². The van der Waals surface area contributed by atoms with Gasteiger partial charge in [0.1, 0.15) is 5.82 Å². The maximum Gasteiger partial charge on any atom is 0.254 e. The van der Waals surface area contributed by atoms with Gasteiger partial charge >= 0.3 is 0 Å². The van der Waals surface area contributed by atoms with E-state index in [4.69, 9.17) is 0 Å². The molecule has 1 aromatic carbocycles. The second kappa shape index (κ2) is 5.70. The van der Waals surface area contributed by atoms with Gasteiger partial charge in [-0.15, -0.1) is 0 Å². The highest BCUT2D eigenvalue weighted by molar-refractivity contribution is 5.94. The molecule has 4 heteroatoms. The Hall–Kier alpha value is -1.42. The van der Waals surface area contributed by atoms with E-state index in [-0.39, 0.29) is 17.5 Å². The number of likely N-dealkylation sites (tertiary alicyclic amines) is 1. The smallest absolute Gasteiger partial charge is 0.254 e. The summed E-state index contributed by atoms with van der Waals surface area (Å²) in [5.74, 6) is -0.757. The number of piperidine rings is 1. The number of hydrogen-bond acceptors (Lipinski definition) is 2. The van der Waals surface area contributed by atoms with Crippen LogP contribution >= 0.6 is 0 Å². The van der Waals surface area contributed by atoms with Gasteiger partial charge in [0.25, 0.3) is 5.91 Å². The van der Waals surface area contributed by atoms with Crippen LogP contribution < -0.4 is 5.32 Å². The van der Waals surface area contributed by atoms with E-state index in [1.807, 2.05) is 6.92 Å². The molecule has 0 spiro atoms. The van der Waals surface area contributed by atoms with Crippen LogP contribution in [-0.2, 0) is 0 Å². The predicted molar refractivity (Wildman–Crippen MR) is 73.7 cm³/mol. The quantitative estimate of drug-likeness (QED) is 0.889. The fourth-order valence-electron chi connectivity index (χ4n) is 2.50. The zero-order chi connectivity index (χ0) is 14.0. The minimum atomic E-state index is -0.455. The molecule has 0 aromatic heterocycles. The summed E-state index contributed by atoms with van der Waals surface area (Å²) in [5, 5.41) is 2.95. The lowest BCUT2D eigenvalue weighted by atomic mass is 9.98. The van der Waals surface area contributed by atoms with Crippen LogP contribution in [0, 0.1) is 12.7 Å². The molecular weight excluding hydrogens is 243 g/mol. The van der Waals surface area contributed by atoms with E-state index in [0.29, 0.717) is 6.04 Å². The Labute approximate surface area is 113 Å². The molecule has 1 aromatic rings. The van der Waals surface area contributed by atoms with Crippen molar-refractivity contribution in [1.29, 1.82) is 0 Å². The average Bonchev–Trinajstić information content (AvgIpc) is 2.36. The standard InChI is InChI=1S/C15H21FN2O/c1-10-4-5-14(16)13(8-10)15(19)17-12-6-7-18(3)11(2)9-12/h4-5,8,11-12H,6-7,9H2,1-3H3,(H,17,19). The minimum Gasteiger partial charge on any atom is -0.349 e. The van der Waals surface area contributed by atoms with Crippen LogP contribution in [0.2, 0.25) is 0 Å². The number of carbonyl (C=O) groups excluding carboxylic acids is 1. The Bertz CT molecular complexity index is 475. The van der Waals surface area contributed by atoms with Gasteiger partial charge in [-0.3, -0.25) is 4.79 Å². The third-order valence-electron chi connectivity index (χ3n) is 3.91. The molecule has 0 radical (unpaired) electrons. The fraction of sp³-hybridized carbons (Fsp3) is 0.533. The Morgan fingerprint density at radius 2 is 2.21 bits per heavy atom. The van der Waals surface area contributed by atoms with Gasteiger partial charge in [-0.1, -0.05) is 11.6 Å². The molecule has 19 heavy (non-hydrogen) atoms. The zero-order valence-corrected chi connectivity index (χ0v) is 11.7. The number of benzene rings is 1. The van der Waals surface area contributed by atoms with Gasteiger partial charge in [0.2, 0.25) is 0 Å². The molecule has 1 fully saturated rings. The molecule has 1 aliphatic heterocycles. The largest absolute Gasteiger partial charge is 0.349 e. The molecule has 0 bridgehead atoms. The van der Waals surface area contributed by atoms with Gasteiger partial charge in [0, 0.05) is 18.6 Å². The van der Waals surface area contributed by atoms with Gasteiger partial charge in [-0.2, -0.15) is 0 Å². The first-order valence-electron chi connectivity index (χ1n) is 6.74. The van der Waals surface area contributed by atoms with Crippen LogP contribution in [-0.4, -0.2) is 36.5 Å². The summed E-state index contributed by atoms with van der Waals surface area (Å²) in [5.41, 5.74) is 1.04. The van der Waals surface area contributed by atoms with E-state index in [2.05, 4.69) is 24.2 Å². The van der Waals surface area contributed by atoms with Crippen molar-refractivity contribution >= 4 is 5.91 Å². The number of aryl methyl sites for hydroxylation is 1. The molecule has 1 heterocycles. The number of rotatable bonds is 2. The Morgan fingerprint density at radius 3 is 2.89 bits per heavy atom. The van der Waals surface area contributed by atoms with Crippen molar-refractivity contribution in [3.8, 4) is 0 Å². The molecule has 1 amide bonds. The van der Waals surface area contributed by atoms with Gasteiger partial charge in [-0.05, 0) is 45.9 Å². The van der Waals surface area contributed by atoms with Crippen LogP contribution in [0.4, 0.5) is 4.39 Å². The molecule has 1 saturated heterocycles. The molecule has 104 valence electrons. The fourth-order valence-corrected chi connectivity index (χ4v) is 2.50. The van der Waals surface area contributed by atoms with Crippen molar-refractivity contribution < 1.29 is 9.18 Å². The molecule has 0 aliphatic carbocycles. The summed E-state index contributed by atoms with van der Waals surface area (Å²) in [6, 6.07) is 5.20. The Kier molecular flexibility index (Phi) is 4.20. The first-order chi connectivity index (χ1) is 8.97. The summed E-state index contributed by atoms with van der Waals surface area (Å²) < 4.78 is 13.6. The van der Waals surface area contributed by atoms with Gasteiger partial charge in [-0.25, -0.2) is 4.39 Å². The number of nitrogens with one attached hydrogen (secondary N) is 1. The summed E-state index contributed by atoms with van der Waals surface area (Å²) in [6.45, 7) is 4.96. The van der Waals surface area contributed by atoms with E-state index in [0.717, 1.165) is 24.9 Å². The van der Waals surface area contributed by atoms with Gasteiger partial charge in [0.15, 0.2) is 0 Å². The SMILES string of the molecule is Cc1ccc(F)c(C(=O)NC2CCN(C)C(C)C2)c1. The lowest BCUT2D eigenvalue weighted by molar-refractivity contribution is 0.0892. The number of nitrogens with zero attached hydrogens (tertiary/aromatic N) is 1. The van der Waals surface area contributed by atoms with Gasteiger partial charge in [0.05, 0.1) is 5.56 Å². The zero-order valence-electron chi connectivity index (χ0n) is 11.7. The second-order valence-electron chi connectivity index (χ2n) is 5.51. The molecule has 2 unspecified atom stereocenters. The minimum absolute atomic E-state index is 0.138. The van der Waals surface area contributed by atoms with Crippen molar-refractivity contribution in [2.45, 2.75) is 38.8 Å². The highest BCUT2D eigenvalue weighted by atomic mass is 19.1. The Morgan fingerprint density at radius 1 is 1.47 bits per heavy atom. The van der Waals surface area contributed by atoms with E-state index in [9.17, 15) is 9.18 Å².